The van der Waals surface area contributed by atoms with E-state index in [9.17, 15) is 4.39 Å². The van der Waals surface area contributed by atoms with E-state index in [1.807, 2.05) is 13.8 Å². The molecule has 0 aliphatic carbocycles. The van der Waals surface area contributed by atoms with E-state index in [1.165, 1.54) is 6.07 Å². The van der Waals surface area contributed by atoms with Crippen molar-refractivity contribution in [1.82, 2.24) is 9.38 Å². The summed E-state index contributed by atoms with van der Waals surface area (Å²) >= 11 is 4.97. The van der Waals surface area contributed by atoms with Crippen molar-refractivity contribution in [3.8, 4) is 0 Å². The molecule has 0 unspecified atom stereocenters. The van der Waals surface area contributed by atoms with Crippen LogP contribution in [0.3, 0.4) is 0 Å². The highest BCUT2D eigenvalue weighted by Crippen LogP contribution is 2.23. The van der Waals surface area contributed by atoms with E-state index in [-0.39, 0.29) is 5.82 Å². The van der Waals surface area contributed by atoms with E-state index in [1.54, 1.807) is 23.5 Å². The Kier molecular flexibility index (Phi) is 3.52. The lowest BCUT2D eigenvalue weighted by atomic mass is 10.3. The summed E-state index contributed by atoms with van der Waals surface area (Å²) in [6.45, 7) is 4.57. The molecule has 3 aromatic rings. The number of imidazole rings is 1. The normalized spacial score (nSPS) is 11.2. The van der Waals surface area contributed by atoms with Gasteiger partial charge in [-0.05, 0) is 32.0 Å². The topological polar surface area (TPSA) is 29.3 Å². The van der Waals surface area contributed by atoms with Gasteiger partial charge >= 0.3 is 0 Å². The van der Waals surface area contributed by atoms with Gasteiger partial charge in [-0.1, -0.05) is 15.9 Å². The number of rotatable bonds is 3. The summed E-state index contributed by atoms with van der Waals surface area (Å²) in [6.07, 6.45) is 0. The third-order valence-electron chi connectivity index (χ3n) is 3.20. The van der Waals surface area contributed by atoms with Crippen LogP contribution in [0.25, 0.3) is 4.96 Å². The van der Waals surface area contributed by atoms with E-state index in [0.29, 0.717) is 12.2 Å². The van der Waals surface area contributed by atoms with Crippen LogP contribution in [0.5, 0.6) is 0 Å². The molecule has 0 radical (unpaired) electrons. The summed E-state index contributed by atoms with van der Waals surface area (Å²) in [7, 11) is 0. The van der Waals surface area contributed by atoms with Gasteiger partial charge in [-0.25, -0.2) is 9.37 Å². The summed E-state index contributed by atoms with van der Waals surface area (Å²) in [4.78, 5) is 5.50. The molecule has 6 heteroatoms. The smallest absolute Gasteiger partial charge is 0.194 e. The molecular formula is C14H13BrFN3S. The average Bonchev–Trinajstić information content (AvgIpc) is 2.91. The Morgan fingerprint density at radius 2 is 2.20 bits per heavy atom. The minimum atomic E-state index is -0.256. The van der Waals surface area contributed by atoms with Gasteiger partial charge in [-0.3, -0.25) is 4.40 Å². The van der Waals surface area contributed by atoms with Crippen LogP contribution in [0.4, 0.5) is 10.1 Å². The molecule has 0 amide bonds. The fourth-order valence-electron chi connectivity index (χ4n) is 2.19. The zero-order valence-electron chi connectivity index (χ0n) is 11.1. The summed E-state index contributed by atoms with van der Waals surface area (Å²) in [6, 6.07) is 4.87. The molecule has 1 aromatic carbocycles. The van der Waals surface area contributed by atoms with Crippen LogP contribution in [0.1, 0.15) is 17.1 Å². The number of anilines is 1. The number of benzene rings is 1. The number of fused-ring (bicyclic) bond motifs is 1. The molecule has 1 N–H and O–H groups in total. The van der Waals surface area contributed by atoms with Crippen molar-refractivity contribution in [2.75, 3.05) is 5.32 Å². The second kappa shape index (κ2) is 5.18. The van der Waals surface area contributed by atoms with Crippen molar-refractivity contribution in [3.05, 3.63) is 51.0 Å². The molecule has 3 nitrogen and oxygen atoms in total. The molecule has 2 heterocycles. The maximum absolute atomic E-state index is 13.7. The van der Waals surface area contributed by atoms with Crippen LogP contribution >= 0.6 is 27.3 Å². The number of thiazole rings is 1. The zero-order chi connectivity index (χ0) is 14.3. The molecule has 0 atom stereocenters. The highest BCUT2D eigenvalue weighted by molar-refractivity contribution is 9.10. The van der Waals surface area contributed by atoms with E-state index in [2.05, 4.69) is 36.0 Å². The van der Waals surface area contributed by atoms with Gasteiger partial charge in [0.2, 0.25) is 0 Å². The van der Waals surface area contributed by atoms with Crippen LogP contribution in [0.2, 0.25) is 0 Å². The van der Waals surface area contributed by atoms with Crippen LogP contribution in [-0.2, 0) is 6.54 Å². The number of aromatic nitrogens is 2. The lowest BCUT2D eigenvalue weighted by molar-refractivity contribution is 0.629. The average molecular weight is 354 g/mol. The number of halogens is 2. The Morgan fingerprint density at radius 3 is 3.00 bits per heavy atom. The first-order valence-corrected chi connectivity index (χ1v) is 7.84. The Bertz CT molecular complexity index is 778. The Labute approximate surface area is 128 Å². The number of nitrogens with zero attached hydrogens (tertiary/aromatic N) is 2. The predicted molar refractivity (Wildman–Crippen MR) is 84.0 cm³/mol. The van der Waals surface area contributed by atoms with Gasteiger partial charge in [-0.15, -0.1) is 11.3 Å². The molecule has 0 bridgehead atoms. The summed E-state index contributed by atoms with van der Waals surface area (Å²) < 4.78 is 16.7. The van der Waals surface area contributed by atoms with Crippen molar-refractivity contribution in [2.45, 2.75) is 20.4 Å². The molecule has 3 rings (SSSR count). The maximum Gasteiger partial charge on any atom is 0.194 e. The van der Waals surface area contributed by atoms with Crippen molar-refractivity contribution in [1.29, 1.82) is 0 Å². The van der Waals surface area contributed by atoms with Gasteiger partial charge < -0.3 is 5.32 Å². The van der Waals surface area contributed by atoms with Gasteiger partial charge in [0, 0.05) is 15.5 Å². The number of hydrogen-bond donors (Lipinski definition) is 1. The predicted octanol–water partition coefficient (Wildman–Crippen LogP) is 4.53. The lowest BCUT2D eigenvalue weighted by Crippen LogP contribution is -2.06. The van der Waals surface area contributed by atoms with Crippen molar-refractivity contribution in [3.63, 3.8) is 0 Å². The van der Waals surface area contributed by atoms with Gasteiger partial charge in [0.15, 0.2) is 4.96 Å². The SMILES string of the molecule is Cc1nc2scc(C)n2c1CNc1cc(Br)ccc1F. The van der Waals surface area contributed by atoms with Gasteiger partial charge in [0.1, 0.15) is 5.82 Å². The van der Waals surface area contributed by atoms with Crippen LogP contribution in [0, 0.1) is 19.7 Å². The highest BCUT2D eigenvalue weighted by Gasteiger charge is 2.12. The number of aryl methyl sites for hydroxylation is 2. The molecular weight excluding hydrogens is 341 g/mol. The van der Waals surface area contributed by atoms with Crippen LogP contribution < -0.4 is 5.32 Å². The van der Waals surface area contributed by atoms with E-state index >= 15 is 0 Å². The zero-order valence-corrected chi connectivity index (χ0v) is 13.5. The molecule has 0 aliphatic heterocycles. The van der Waals surface area contributed by atoms with Crippen LogP contribution in [-0.4, -0.2) is 9.38 Å². The first-order chi connectivity index (χ1) is 9.56. The quantitative estimate of drug-likeness (QED) is 0.749. The van der Waals surface area contributed by atoms with E-state index in [4.69, 9.17) is 0 Å². The molecule has 0 saturated carbocycles. The third kappa shape index (κ3) is 2.33. The standard InChI is InChI=1S/C14H13BrFN3S/c1-8-7-20-14-18-9(2)13(19(8)14)6-17-12-5-10(15)3-4-11(12)16/h3-5,7,17H,6H2,1-2H3. The van der Waals surface area contributed by atoms with Crippen molar-refractivity contribution < 1.29 is 4.39 Å². The number of hydrogen-bond acceptors (Lipinski definition) is 3. The van der Waals surface area contributed by atoms with Crippen molar-refractivity contribution in [2.24, 2.45) is 0 Å². The first kappa shape index (κ1) is 13.6. The Hall–Kier alpha value is -1.40. The first-order valence-electron chi connectivity index (χ1n) is 6.17. The third-order valence-corrected chi connectivity index (χ3v) is 4.64. The fraction of sp³-hybridized carbons (Fsp3) is 0.214. The molecule has 0 aliphatic rings. The minimum Gasteiger partial charge on any atom is -0.377 e. The molecule has 104 valence electrons. The van der Waals surface area contributed by atoms with Gasteiger partial charge in [0.25, 0.3) is 0 Å². The van der Waals surface area contributed by atoms with Gasteiger partial charge in [-0.2, -0.15) is 0 Å². The Balaban J connectivity index is 1.92. The lowest BCUT2D eigenvalue weighted by Gasteiger charge is -2.09. The monoisotopic (exact) mass is 353 g/mol. The second-order valence-corrected chi connectivity index (χ2v) is 6.37. The molecule has 20 heavy (non-hydrogen) atoms. The molecule has 2 aromatic heterocycles. The second-order valence-electron chi connectivity index (χ2n) is 4.62. The van der Waals surface area contributed by atoms with Crippen LogP contribution in [0.15, 0.2) is 28.1 Å². The summed E-state index contributed by atoms with van der Waals surface area (Å²) in [5.74, 6) is -0.256. The summed E-state index contributed by atoms with van der Waals surface area (Å²) in [5, 5.41) is 5.22. The minimum absolute atomic E-state index is 0.256. The molecule has 0 saturated heterocycles. The molecule has 0 spiro atoms. The fourth-order valence-corrected chi connectivity index (χ4v) is 3.48. The Morgan fingerprint density at radius 1 is 1.40 bits per heavy atom. The largest absolute Gasteiger partial charge is 0.377 e. The maximum atomic E-state index is 13.7. The van der Waals surface area contributed by atoms with E-state index in [0.717, 1.165) is 26.5 Å². The summed E-state index contributed by atoms with van der Waals surface area (Å²) in [5.41, 5.74) is 3.68. The highest BCUT2D eigenvalue weighted by atomic mass is 79.9. The van der Waals surface area contributed by atoms with Crippen molar-refractivity contribution >= 4 is 37.9 Å². The number of nitrogens with one attached hydrogen (secondary N) is 1. The van der Waals surface area contributed by atoms with Gasteiger partial charge in [0.05, 0.1) is 23.6 Å². The van der Waals surface area contributed by atoms with E-state index < -0.39 is 0 Å². The molecule has 0 fully saturated rings.